The van der Waals surface area contributed by atoms with E-state index in [0.717, 1.165) is 11.4 Å². The molecule has 0 aliphatic carbocycles. The van der Waals surface area contributed by atoms with E-state index in [1.165, 1.54) is 18.4 Å². The number of nitrogens with zero attached hydrogens (tertiary/aromatic N) is 2. The Labute approximate surface area is 126 Å². The number of nitrogen functional groups attached to an aromatic ring is 1. The van der Waals surface area contributed by atoms with Gasteiger partial charge in [0.05, 0.1) is 11.4 Å². The third-order valence-corrected chi connectivity index (χ3v) is 5.94. The molecule has 1 unspecified atom stereocenters. The summed E-state index contributed by atoms with van der Waals surface area (Å²) in [6.07, 6.45) is 2.04. The number of hydrogen-bond donors (Lipinski definition) is 1. The van der Waals surface area contributed by atoms with Crippen molar-refractivity contribution in [1.29, 1.82) is 0 Å². The van der Waals surface area contributed by atoms with Gasteiger partial charge in [-0.3, -0.25) is 0 Å². The monoisotopic (exact) mass is 317 g/mol. The fraction of sp³-hybridized carbons (Fsp3) is 0.538. The summed E-state index contributed by atoms with van der Waals surface area (Å²) in [6, 6.07) is 5.39. The van der Waals surface area contributed by atoms with Gasteiger partial charge in [0.1, 0.15) is 4.90 Å². The van der Waals surface area contributed by atoms with Crippen LogP contribution < -0.4 is 10.6 Å². The number of para-hydroxylation sites is 1. The average molecular weight is 317 g/mol. The van der Waals surface area contributed by atoms with Crippen LogP contribution in [0.3, 0.4) is 0 Å². The molecule has 1 aromatic rings. The molecule has 0 amide bonds. The first-order chi connectivity index (χ1) is 9.23. The van der Waals surface area contributed by atoms with Crippen LogP contribution >= 0.6 is 11.8 Å². The molecule has 7 heteroatoms. The first-order valence-corrected chi connectivity index (χ1v) is 9.09. The molecule has 0 heterocycles. The maximum atomic E-state index is 12.2. The summed E-state index contributed by atoms with van der Waals surface area (Å²) in [6.45, 7) is 2.09. The van der Waals surface area contributed by atoms with Gasteiger partial charge in [-0.15, -0.1) is 0 Å². The van der Waals surface area contributed by atoms with Gasteiger partial charge in [0.2, 0.25) is 10.0 Å². The number of sulfonamides is 1. The minimum absolute atomic E-state index is 0.156. The van der Waals surface area contributed by atoms with Crippen LogP contribution in [0.1, 0.15) is 6.92 Å². The molecule has 0 saturated carbocycles. The Morgan fingerprint density at radius 2 is 1.90 bits per heavy atom. The van der Waals surface area contributed by atoms with Crippen molar-refractivity contribution in [2.24, 2.45) is 0 Å². The second-order valence-corrected chi connectivity index (χ2v) is 7.92. The molecule has 0 aliphatic rings. The lowest BCUT2D eigenvalue weighted by Crippen LogP contribution is -2.32. The standard InChI is InChI=1S/C13H23N3O2S2/c1-10(9-19-5)16(4)11-7-6-8-12(13(11)14)20(17,18)15(2)3/h6-8,10H,9,14H2,1-5H3. The molecule has 0 radical (unpaired) electrons. The molecular weight excluding hydrogens is 294 g/mol. The first kappa shape index (κ1) is 17.1. The van der Waals surface area contributed by atoms with Crippen molar-refractivity contribution in [2.45, 2.75) is 17.9 Å². The summed E-state index contributed by atoms with van der Waals surface area (Å²) in [5.41, 5.74) is 7.14. The predicted molar refractivity (Wildman–Crippen MR) is 88.0 cm³/mol. The summed E-state index contributed by atoms with van der Waals surface area (Å²) in [7, 11) is 1.41. The normalized spacial score (nSPS) is 13.5. The lowest BCUT2D eigenvalue weighted by Gasteiger charge is -2.28. The minimum atomic E-state index is -3.53. The number of nitrogens with two attached hydrogens (primary N) is 1. The Balaban J connectivity index is 3.27. The van der Waals surface area contributed by atoms with Crippen molar-refractivity contribution in [3.05, 3.63) is 18.2 Å². The SMILES string of the molecule is CSCC(C)N(C)c1cccc(S(=O)(=O)N(C)C)c1N. The largest absolute Gasteiger partial charge is 0.396 e. The molecule has 20 heavy (non-hydrogen) atoms. The van der Waals surface area contributed by atoms with Crippen molar-refractivity contribution >= 4 is 33.2 Å². The quantitative estimate of drug-likeness (QED) is 0.809. The van der Waals surface area contributed by atoms with Crippen molar-refractivity contribution < 1.29 is 8.42 Å². The van der Waals surface area contributed by atoms with Crippen LogP contribution in [0.15, 0.2) is 23.1 Å². The van der Waals surface area contributed by atoms with E-state index >= 15 is 0 Å². The Morgan fingerprint density at radius 3 is 2.40 bits per heavy atom. The average Bonchev–Trinajstić information content (AvgIpc) is 2.38. The van der Waals surface area contributed by atoms with E-state index in [1.807, 2.05) is 24.3 Å². The third-order valence-electron chi connectivity index (χ3n) is 3.25. The zero-order chi connectivity index (χ0) is 15.5. The molecule has 5 nitrogen and oxygen atoms in total. The Hall–Kier alpha value is -0.920. The highest BCUT2D eigenvalue weighted by molar-refractivity contribution is 7.98. The lowest BCUT2D eigenvalue weighted by molar-refractivity contribution is 0.521. The van der Waals surface area contributed by atoms with E-state index in [-0.39, 0.29) is 10.9 Å². The molecule has 0 fully saturated rings. The Morgan fingerprint density at radius 1 is 1.30 bits per heavy atom. The van der Waals surface area contributed by atoms with Crippen LogP contribution in [0.2, 0.25) is 0 Å². The number of benzene rings is 1. The molecular formula is C13H23N3O2S2. The van der Waals surface area contributed by atoms with Gasteiger partial charge in [-0.1, -0.05) is 6.07 Å². The van der Waals surface area contributed by atoms with E-state index in [0.29, 0.717) is 5.69 Å². The van der Waals surface area contributed by atoms with E-state index in [2.05, 4.69) is 6.92 Å². The minimum Gasteiger partial charge on any atom is -0.396 e. The Bertz CT molecular complexity index is 559. The maximum absolute atomic E-state index is 12.2. The van der Waals surface area contributed by atoms with Crippen molar-refractivity contribution in [3.63, 3.8) is 0 Å². The molecule has 114 valence electrons. The van der Waals surface area contributed by atoms with Crippen molar-refractivity contribution in [2.75, 3.05) is 43.8 Å². The molecule has 2 N–H and O–H groups in total. The molecule has 0 saturated heterocycles. The molecule has 1 atom stereocenters. The molecule has 0 aliphatic heterocycles. The molecule has 0 spiro atoms. The van der Waals surface area contributed by atoms with Crippen LogP contribution in [0.25, 0.3) is 0 Å². The van der Waals surface area contributed by atoms with Crippen LogP contribution in [-0.4, -0.2) is 51.9 Å². The van der Waals surface area contributed by atoms with Gasteiger partial charge in [-0.25, -0.2) is 12.7 Å². The summed E-state index contributed by atoms with van der Waals surface area (Å²) in [5, 5.41) is 0. The predicted octanol–water partition coefficient (Wildman–Crippen LogP) is 1.71. The highest BCUT2D eigenvalue weighted by Gasteiger charge is 2.23. The van der Waals surface area contributed by atoms with Crippen LogP contribution in [0, 0.1) is 0 Å². The summed E-state index contributed by atoms with van der Waals surface area (Å²) in [4.78, 5) is 2.17. The summed E-state index contributed by atoms with van der Waals surface area (Å²) in [5.74, 6) is 0.945. The van der Waals surface area contributed by atoms with Gasteiger partial charge in [0.15, 0.2) is 0 Å². The number of anilines is 2. The van der Waals surface area contributed by atoms with Crippen molar-refractivity contribution in [1.82, 2.24) is 4.31 Å². The van der Waals surface area contributed by atoms with Crippen molar-refractivity contribution in [3.8, 4) is 0 Å². The van der Waals surface area contributed by atoms with Crippen LogP contribution in [0.4, 0.5) is 11.4 Å². The van der Waals surface area contributed by atoms with Gasteiger partial charge in [0.25, 0.3) is 0 Å². The van der Waals surface area contributed by atoms with Gasteiger partial charge < -0.3 is 10.6 Å². The first-order valence-electron chi connectivity index (χ1n) is 6.26. The second-order valence-electron chi connectivity index (χ2n) is 4.89. The van der Waals surface area contributed by atoms with Gasteiger partial charge in [-0.05, 0) is 25.3 Å². The number of thioether (sulfide) groups is 1. The molecule has 0 aromatic heterocycles. The fourth-order valence-electron chi connectivity index (χ4n) is 1.85. The van der Waals surface area contributed by atoms with E-state index in [9.17, 15) is 8.42 Å². The highest BCUT2D eigenvalue weighted by atomic mass is 32.2. The van der Waals surface area contributed by atoms with E-state index < -0.39 is 10.0 Å². The van der Waals surface area contributed by atoms with Gasteiger partial charge in [0, 0.05) is 32.9 Å². The second kappa shape index (κ2) is 6.69. The zero-order valence-corrected chi connectivity index (χ0v) is 14.3. The molecule has 1 rings (SSSR count). The van der Waals surface area contributed by atoms with E-state index in [4.69, 9.17) is 5.73 Å². The number of rotatable bonds is 6. The fourth-order valence-corrected chi connectivity index (χ4v) is 3.58. The highest BCUT2D eigenvalue weighted by Crippen LogP contribution is 2.31. The lowest BCUT2D eigenvalue weighted by atomic mass is 10.2. The van der Waals surface area contributed by atoms with Crippen LogP contribution in [-0.2, 0) is 10.0 Å². The topological polar surface area (TPSA) is 66.6 Å². The van der Waals surface area contributed by atoms with Gasteiger partial charge >= 0.3 is 0 Å². The number of hydrogen-bond acceptors (Lipinski definition) is 5. The summed E-state index contributed by atoms with van der Waals surface area (Å²) >= 11 is 1.74. The van der Waals surface area contributed by atoms with Crippen LogP contribution in [0.5, 0.6) is 0 Å². The smallest absolute Gasteiger partial charge is 0.244 e. The molecule has 1 aromatic carbocycles. The third kappa shape index (κ3) is 3.39. The summed E-state index contributed by atoms with van der Waals surface area (Å²) < 4.78 is 25.7. The maximum Gasteiger partial charge on any atom is 0.244 e. The molecule has 0 bridgehead atoms. The Kier molecular flexibility index (Phi) is 5.73. The van der Waals surface area contributed by atoms with E-state index in [1.54, 1.807) is 23.9 Å². The zero-order valence-electron chi connectivity index (χ0n) is 12.6. The van der Waals surface area contributed by atoms with Gasteiger partial charge in [-0.2, -0.15) is 11.8 Å².